The van der Waals surface area contributed by atoms with Crippen molar-refractivity contribution in [3.05, 3.63) is 23.8 Å². The molecule has 0 aliphatic carbocycles. The van der Waals surface area contributed by atoms with Crippen molar-refractivity contribution in [2.24, 2.45) is 11.7 Å². The third-order valence-electron chi connectivity index (χ3n) is 14.1. The van der Waals surface area contributed by atoms with Crippen molar-refractivity contribution in [3.8, 4) is 11.5 Å². The van der Waals surface area contributed by atoms with Gasteiger partial charge in [0, 0.05) is 38.3 Å². The Morgan fingerprint density at radius 3 is 1.96 bits per heavy atom. The first kappa shape index (κ1) is 64.8. The standard InChI is InChI=1S/C50H80N8O19S/c1-3-4-5-6-7-8-9-10-11-12-13-14-15-16-39(65)52-31-18-20-40(66)54-48(71)43-44(67)28(2)25-58(43)50(73)42(36(63)24-38(51)64)56-47(70)41(35(62)21-29-17-19-34(61)37(22-29)77-78(74,75)76)55-46(69)33-23-30(60)26-57(33)49(72)32(27-59)53-45(31)68/h17,19,22,28,30-33,35-36,40-44,59-63,66-67H,3-16,18,20-21,23-27H2,1-2H3,(H2,51,64)(H,52,65)(H,53,68)(H,54,71)(H,55,69)(H,56,70)(H,74,75,76)/t28?,30-,31+,32+,33+,35?,36?,40?,41+,42+,43+,44+/m1/s1. The molecule has 3 heterocycles. The van der Waals surface area contributed by atoms with Crippen LogP contribution in [0.1, 0.15) is 135 Å². The number of benzene rings is 1. The van der Waals surface area contributed by atoms with Crippen LogP contribution in [0.5, 0.6) is 11.5 Å². The van der Waals surface area contributed by atoms with E-state index < -0.39 is 194 Å². The lowest BCUT2D eigenvalue weighted by Gasteiger charge is -2.33. The Kier molecular flexibility index (Phi) is 25.9. The maximum Gasteiger partial charge on any atom is 0.446 e. The zero-order chi connectivity index (χ0) is 57.9. The monoisotopic (exact) mass is 1130 g/mol. The molecule has 28 heteroatoms. The van der Waals surface area contributed by atoms with Gasteiger partial charge >= 0.3 is 10.4 Å². The summed E-state index contributed by atoms with van der Waals surface area (Å²) < 4.78 is 36.6. The van der Waals surface area contributed by atoms with Crippen molar-refractivity contribution in [3.63, 3.8) is 0 Å². The number of hydrogen-bond donors (Lipinski definition) is 14. The lowest BCUT2D eigenvalue weighted by molar-refractivity contribution is -0.148. The van der Waals surface area contributed by atoms with Gasteiger partial charge in [0.05, 0.1) is 37.4 Å². The number of phenols is 1. The maximum absolute atomic E-state index is 14.5. The smallest absolute Gasteiger partial charge is 0.446 e. The van der Waals surface area contributed by atoms with Crippen LogP contribution in [-0.4, -0.2) is 192 Å². The molecular formula is C50H80N8O19S. The van der Waals surface area contributed by atoms with Crippen LogP contribution in [0.25, 0.3) is 0 Å². The summed E-state index contributed by atoms with van der Waals surface area (Å²) in [6, 6.07) is -8.59. The molecule has 3 fully saturated rings. The zero-order valence-corrected chi connectivity index (χ0v) is 45.0. The van der Waals surface area contributed by atoms with E-state index in [1.54, 1.807) is 0 Å². The first-order valence-electron chi connectivity index (χ1n) is 26.8. The van der Waals surface area contributed by atoms with E-state index in [9.17, 15) is 87.1 Å². The molecule has 440 valence electrons. The van der Waals surface area contributed by atoms with E-state index >= 15 is 0 Å². The number of hydrogen-bond acceptors (Lipinski definition) is 18. The van der Waals surface area contributed by atoms with E-state index in [1.807, 2.05) is 0 Å². The zero-order valence-electron chi connectivity index (χ0n) is 44.2. The van der Waals surface area contributed by atoms with Gasteiger partial charge in [-0.25, -0.2) is 0 Å². The van der Waals surface area contributed by atoms with Crippen LogP contribution in [-0.2, 0) is 55.2 Å². The lowest BCUT2D eigenvalue weighted by atomic mass is 9.98. The van der Waals surface area contributed by atoms with Gasteiger partial charge in [0.1, 0.15) is 42.5 Å². The minimum Gasteiger partial charge on any atom is -0.504 e. The molecule has 0 aromatic heterocycles. The van der Waals surface area contributed by atoms with E-state index in [2.05, 4.69) is 37.7 Å². The van der Waals surface area contributed by atoms with E-state index in [-0.39, 0.29) is 12.0 Å². The highest BCUT2D eigenvalue weighted by Crippen LogP contribution is 2.30. The van der Waals surface area contributed by atoms with Crippen molar-refractivity contribution < 1.29 is 91.3 Å². The third kappa shape index (κ3) is 19.9. The van der Waals surface area contributed by atoms with Crippen LogP contribution in [0, 0.1) is 5.92 Å². The Balaban J connectivity index is 1.67. The summed E-state index contributed by atoms with van der Waals surface area (Å²) in [5.74, 6) is -11.7. The van der Waals surface area contributed by atoms with Gasteiger partial charge in [-0.3, -0.25) is 42.9 Å². The molecule has 3 aliphatic rings. The van der Waals surface area contributed by atoms with Crippen LogP contribution in [0.3, 0.4) is 0 Å². The van der Waals surface area contributed by atoms with Gasteiger partial charge in [-0.2, -0.15) is 8.42 Å². The van der Waals surface area contributed by atoms with Gasteiger partial charge in [-0.15, -0.1) is 0 Å². The van der Waals surface area contributed by atoms with Gasteiger partial charge in [0.2, 0.25) is 47.3 Å². The van der Waals surface area contributed by atoms with Gasteiger partial charge in [-0.05, 0) is 37.0 Å². The van der Waals surface area contributed by atoms with E-state index in [1.165, 1.54) is 51.9 Å². The second kappa shape index (κ2) is 31.1. The Labute approximate surface area is 453 Å². The molecule has 12 atom stereocenters. The molecule has 0 radical (unpaired) electrons. The van der Waals surface area contributed by atoms with E-state index in [4.69, 9.17) is 5.73 Å². The second-order valence-electron chi connectivity index (χ2n) is 20.6. The fourth-order valence-electron chi connectivity index (χ4n) is 9.88. The fraction of sp³-hybridized carbons (Fsp3) is 0.720. The minimum atomic E-state index is -5.21. The molecule has 0 bridgehead atoms. The average molecular weight is 1130 g/mol. The topological polar surface area (TPSA) is 434 Å². The first-order valence-corrected chi connectivity index (χ1v) is 28.1. The molecule has 1 aromatic rings. The lowest BCUT2D eigenvalue weighted by Crippen LogP contribution is -2.64. The molecule has 4 unspecified atom stereocenters. The Bertz CT molecular complexity index is 2330. The van der Waals surface area contributed by atoms with E-state index in [0.717, 1.165) is 60.1 Å². The van der Waals surface area contributed by atoms with Crippen LogP contribution < -0.4 is 36.5 Å². The number of nitrogens with zero attached hydrogens (tertiary/aromatic N) is 2. The summed E-state index contributed by atoms with van der Waals surface area (Å²) in [5, 5.41) is 88.5. The predicted octanol–water partition coefficient (Wildman–Crippen LogP) is -2.48. The second-order valence-corrected chi connectivity index (χ2v) is 21.6. The number of rotatable bonds is 24. The number of carbonyl (C=O) groups is 8. The predicted molar refractivity (Wildman–Crippen MR) is 275 cm³/mol. The van der Waals surface area contributed by atoms with Crippen molar-refractivity contribution in [2.45, 2.75) is 203 Å². The summed E-state index contributed by atoms with van der Waals surface area (Å²) in [4.78, 5) is 112. The van der Waals surface area contributed by atoms with Crippen molar-refractivity contribution in [1.29, 1.82) is 0 Å². The number of aliphatic hydroxyl groups excluding tert-OH is 6. The highest BCUT2D eigenvalue weighted by Gasteiger charge is 2.50. The molecule has 3 aliphatic heterocycles. The molecule has 78 heavy (non-hydrogen) atoms. The highest BCUT2D eigenvalue weighted by molar-refractivity contribution is 7.81. The number of fused-ring (bicyclic) bond motifs is 2. The number of carbonyl (C=O) groups excluding carboxylic acids is 8. The van der Waals surface area contributed by atoms with E-state index in [0.29, 0.717) is 6.42 Å². The number of aliphatic hydroxyl groups is 6. The Morgan fingerprint density at radius 2 is 1.37 bits per heavy atom. The number of unbranched alkanes of at least 4 members (excludes halogenated alkanes) is 12. The number of amides is 8. The Morgan fingerprint density at radius 1 is 0.769 bits per heavy atom. The molecule has 0 saturated carbocycles. The summed E-state index contributed by atoms with van der Waals surface area (Å²) in [7, 11) is -5.21. The molecule has 1 aromatic carbocycles. The molecule has 8 amide bonds. The van der Waals surface area contributed by atoms with Crippen molar-refractivity contribution >= 4 is 57.7 Å². The molecule has 0 spiro atoms. The van der Waals surface area contributed by atoms with Crippen LogP contribution in [0.4, 0.5) is 0 Å². The molecule has 3 saturated heterocycles. The molecule has 15 N–H and O–H groups in total. The number of nitrogens with one attached hydrogen (secondary N) is 5. The fourth-order valence-corrected chi connectivity index (χ4v) is 10.2. The van der Waals surface area contributed by atoms with Gasteiger partial charge in [-0.1, -0.05) is 97.0 Å². The summed E-state index contributed by atoms with van der Waals surface area (Å²) >= 11 is 0. The summed E-state index contributed by atoms with van der Waals surface area (Å²) in [5.41, 5.74) is 5.23. The number of primary amides is 1. The van der Waals surface area contributed by atoms with Crippen molar-refractivity contribution in [2.75, 3.05) is 19.7 Å². The third-order valence-corrected chi connectivity index (χ3v) is 14.5. The van der Waals surface area contributed by atoms with Crippen LogP contribution in [0.2, 0.25) is 0 Å². The normalized spacial score (nSPS) is 26.8. The Hall–Kier alpha value is -5.75. The van der Waals surface area contributed by atoms with Gasteiger partial charge < -0.3 is 82.0 Å². The average Bonchev–Trinajstić information content (AvgIpc) is 3.91. The molecule has 4 rings (SSSR count). The number of phenolic OH excluding ortho intramolecular Hbond substituents is 1. The first-order chi connectivity index (χ1) is 36.8. The van der Waals surface area contributed by atoms with Crippen molar-refractivity contribution in [1.82, 2.24) is 36.4 Å². The number of aromatic hydroxyl groups is 1. The van der Waals surface area contributed by atoms with Crippen LogP contribution in [0.15, 0.2) is 18.2 Å². The molecule has 27 nitrogen and oxygen atoms in total. The summed E-state index contributed by atoms with van der Waals surface area (Å²) in [6.07, 6.45) is 1.43. The van der Waals surface area contributed by atoms with Crippen LogP contribution >= 0.6 is 0 Å². The van der Waals surface area contributed by atoms with Gasteiger partial charge in [0.25, 0.3) is 0 Å². The molecular weight excluding hydrogens is 1050 g/mol. The minimum absolute atomic E-state index is 0.00607. The SMILES string of the molecule is CCCCCCCCCCCCCCCC(=O)N[C@H]1CCC(O)NC(=O)[C@@H]2[C@@H](O)C(C)CN2C(=O)[C@H](C(O)CC(N)=O)NC(=O)[C@H](C(O)Cc2ccc(O)c(OS(=O)(=O)O)c2)NC(=O)[C@@H]2C[C@@H](O)CN2C(=O)[C@H](CO)NC1=O. The highest BCUT2D eigenvalue weighted by atomic mass is 32.3. The van der Waals surface area contributed by atoms with Gasteiger partial charge in [0.15, 0.2) is 11.5 Å². The largest absolute Gasteiger partial charge is 0.504 e. The quantitative estimate of drug-likeness (QED) is 0.0377. The maximum atomic E-state index is 14.5. The number of nitrogens with two attached hydrogens (primary N) is 1. The summed E-state index contributed by atoms with van der Waals surface area (Å²) in [6.45, 7) is 1.54.